The summed E-state index contributed by atoms with van der Waals surface area (Å²) in [5, 5.41) is 15.4. The molecule has 4 bridgehead atoms. The number of alkyl halides is 2. The molecule has 0 saturated heterocycles. The second-order valence-corrected chi connectivity index (χ2v) is 10.9. The minimum absolute atomic E-state index is 0.0717. The average molecular weight is 611 g/mol. The summed E-state index contributed by atoms with van der Waals surface area (Å²) in [6.45, 7) is -0.917. The van der Waals surface area contributed by atoms with Crippen LogP contribution >= 0.6 is 0 Å². The Morgan fingerprint density at radius 2 is 1.73 bits per heavy atom. The lowest BCUT2D eigenvalue weighted by Gasteiger charge is -2.28. The predicted octanol–water partition coefficient (Wildman–Crippen LogP) is 7.00. The Labute approximate surface area is 260 Å². The topological polar surface area (TPSA) is 104 Å². The number of fused-ring (bicyclic) bond motifs is 4. The number of rotatable bonds is 7. The van der Waals surface area contributed by atoms with Crippen LogP contribution < -0.4 is 20.1 Å². The fourth-order valence-electron chi connectivity index (χ4n) is 5.24. The van der Waals surface area contributed by atoms with Gasteiger partial charge >= 0.3 is 6.61 Å². The first-order valence-electron chi connectivity index (χ1n) is 14.4. The number of benzene rings is 4. The zero-order chi connectivity index (χ0) is 31.9. The van der Waals surface area contributed by atoms with Gasteiger partial charge in [-0.3, -0.25) is 9.59 Å². The Morgan fingerprint density at radius 3 is 2.44 bits per heavy atom. The number of anilines is 2. The van der Waals surface area contributed by atoms with Crippen LogP contribution in [0.3, 0.4) is 0 Å². The molecule has 4 aromatic carbocycles. The molecule has 0 spiro atoms. The normalized spacial score (nSPS) is 16.8. The Bertz CT molecular complexity index is 1710. The summed E-state index contributed by atoms with van der Waals surface area (Å²) in [6.07, 6.45) is 0.0946. The van der Waals surface area contributed by atoms with Crippen molar-refractivity contribution in [1.82, 2.24) is 4.90 Å². The van der Waals surface area contributed by atoms with E-state index in [4.69, 9.17) is 9.47 Å². The molecule has 1 aliphatic rings. The predicted molar refractivity (Wildman–Crippen MR) is 166 cm³/mol. The summed E-state index contributed by atoms with van der Waals surface area (Å²) in [5.74, 6) is -0.442. The largest absolute Gasteiger partial charge is 0.489 e. The molecule has 0 aromatic heterocycles. The van der Waals surface area contributed by atoms with Gasteiger partial charge in [-0.25, -0.2) is 0 Å². The Hall–Kier alpha value is -5.43. The Morgan fingerprint density at radius 1 is 1.00 bits per heavy atom. The van der Waals surface area contributed by atoms with Crippen molar-refractivity contribution in [3.63, 3.8) is 0 Å². The molecule has 45 heavy (non-hydrogen) atoms. The fourth-order valence-corrected chi connectivity index (χ4v) is 5.24. The van der Waals surface area contributed by atoms with E-state index in [1.165, 1.54) is 23.1 Å². The number of carbonyl (C=O) groups is 2. The van der Waals surface area contributed by atoms with Crippen LogP contribution in [0, 0.1) is 11.3 Å². The molecule has 2 atom stereocenters. The van der Waals surface area contributed by atoms with Gasteiger partial charge in [-0.2, -0.15) is 14.0 Å². The van der Waals surface area contributed by atoms with E-state index in [2.05, 4.69) is 16.7 Å². The van der Waals surface area contributed by atoms with E-state index in [9.17, 15) is 23.6 Å². The van der Waals surface area contributed by atoms with Gasteiger partial charge in [0.05, 0.1) is 11.6 Å². The van der Waals surface area contributed by atoms with Crippen LogP contribution in [0.15, 0.2) is 91.0 Å². The van der Waals surface area contributed by atoms with E-state index in [1.807, 2.05) is 43.3 Å². The van der Waals surface area contributed by atoms with Gasteiger partial charge in [0, 0.05) is 37.0 Å². The number of carbonyl (C=O) groups excluding carboxylic acids is 2. The zero-order valence-electron chi connectivity index (χ0n) is 24.8. The molecule has 4 aromatic rings. The minimum Gasteiger partial charge on any atom is -0.489 e. The molecule has 1 heterocycles. The molecule has 0 radical (unpaired) electrons. The maximum absolute atomic E-state index is 14.1. The molecule has 0 fully saturated rings. The second kappa shape index (κ2) is 13.9. The SMILES string of the molecule is CC1CC(=O)Nc2ccc(OC(F)F)c(c2)CN(C)C(=O)C(Nc2ccc(C#N)cc2)c2ccc(OCc3ccccc3)c1c2. The average Bonchev–Trinajstić information content (AvgIpc) is 3.03. The van der Waals surface area contributed by atoms with Gasteiger partial charge in [0.25, 0.3) is 0 Å². The number of hydrogen-bond donors (Lipinski definition) is 2. The summed E-state index contributed by atoms with van der Waals surface area (Å²) in [4.78, 5) is 28.7. The van der Waals surface area contributed by atoms with Crippen molar-refractivity contribution in [1.29, 1.82) is 5.26 Å². The first kappa shape index (κ1) is 31.0. The van der Waals surface area contributed by atoms with Crippen LogP contribution in [0.1, 0.15) is 53.1 Å². The smallest absolute Gasteiger partial charge is 0.387 e. The fraction of sp³-hybridized carbons (Fsp3) is 0.229. The number of nitriles is 1. The Balaban J connectivity index is 1.57. The zero-order valence-corrected chi connectivity index (χ0v) is 24.8. The summed E-state index contributed by atoms with van der Waals surface area (Å²) >= 11 is 0. The van der Waals surface area contributed by atoms with Crippen LogP contribution in [-0.2, 0) is 22.7 Å². The monoisotopic (exact) mass is 610 g/mol. The van der Waals surface area contributed by atoms with Crippen LogP contribution in [0.2, 0.25) is 0 Å². The second-order valence-electron chi connectivity index (χ2n) is 10.9. The van der Waals surface area contributed by atoms with Crippen molar-refractivity contribution in [3.8, 4) is 17.6 Å². The number of amides is 2. The number of likely N-dealkylation sites (N-methyl/N-ethyl adjacent to an activating group) is 1. The van der Waals surface area contributed by atoms with Gasteiger partial charge in [-0.15, -0.1) is 0 Å². The maximum atomic E-state index is 14.1. The highest BCUT2D eigenvalue weighted by Crippen LogP contribution is 2.35. The van der Waals surface area contributed by atoms with Gasteiger partial charge in [0.1, 0.15) is 24.1 Å². The van der Waals surface area contributed by atoms with E-state index in [0.717, 1.165) is 11.1 Å². The molecular weight excluding hydrogens is 578 g/mol. The van der Waals surface area contributed by atoms with Crippen molar-refractivity contribution in [2.24, 2.45) is 0 Å². The Kier molecular flexibility index (Phi) is 9.58. The third-order valence-electron chi connectivity index (χ3n) is 7.54. The molecule has 8 nitrogen and oxygen atoms in total. The highest BCUT2D eigenvalue weighted by atomic mass is 19.3. The van der Waals surface area contributed by atoms with Crippen LogP contribution in [-0.4, -0.2) is 30.4 Å². The van der Waals surface area contributed by atoms with E-state index in [0.29, 0.717) is 40.4 Å². The molecule has 2 N–H and O–H groups in total. The van der Waals surface area contributed by atoms with Gasteiger partial charge in [-0.05, 0) is 77.2 Å². The molecule has 230 valence electrons. The van der Waals surface area contributed by atoms with E-state index in [1.54, 1.807) is 43.4 Å². The molecule has 0 aliphatic carbocycles. The third-order valence-corrected chi connectivity index (χ3v) is 7.54. The molecular formula is C35H32F2N4O4. The first-order chi connectivity index (χ1) is 21.7. The van der Waals surface area contributed by atoms with Crippen LogP contribution in [0.5, 0.6) is 11.5 Å². The number of ether oxygens (including phenoxy) is 2. The standard InChI is InChI=1S/C35H32F2N4O4/c1-22-16-32(42)39-28-13-15-30(45-35(36)37)26(17-28)20-41(2)34(43)33(40-27-11-8-23(19-38)9-12-27)25-10-14-31(29(22)18-25)44-21-24-6-4-3-5-7-24/h3-15,17-18,22,33,35,40H,16,20-21H2,1-2H3,(H,39,42). The molecule has 2 unspecified atom stereocenters. The molecule has 5 rings (SSSR count). The number of nitrogens with zero attached hydrogens (tertiary/aromatic N) is 2. The van der Waals surface area contributed by atoms with Crippen molar-refractivity contribution in [2.45, 2.75) is 45.1 Å². The van der Waals surface area contributed by atoms with Gasteiger partial charge < -0.3 is 25.0 Å². The van der Waals surface area contributed by atoms with E-state index >= 15 is 0 Å². The van der Waals surface area contributed by atoms with Gasteiger partial charge in [0.15, 0.2) is 0 Å². The summed E-state index contributed by atoms with van der Waals surface area (Å²) < 4.78 is 37.4. The van der Waals surface area contributed by atoms with Crippen LogP contribution in [0.25, 0.3) is 0 Å². The quantitative estimate of drug-likeness (QED) is 0.234. The lowest BCUT2D eigenvalue weighted by Crippen LogP contribution is -2.35. The van der Waals surface area contributed by atoms with Gasteiger partial charge in [0.2, 0.25) is 11.8 Å². The lowest BCUT2D eigenvalue weighted by molar-refractivity contribution is -0.131. The first-order valence-corrected chi connectivity index (χ1v) is 14.4. The van der Waals surface area contributed by atoms with Crippen molar-refractivity contribution in [2.75, 3.05) is 17.7 Å². The summed E-state index contributed by atoms with van der Waals surface area (Å²) in [7, 11) is 1.57. The third kappa shape index (κ3) is 7.75. The van der Waals surface area contributed by atoms with E-state index < -0.39 is 12.7 Å². The summed E-state index contributed by atoms with van der Waals surface area (Å²) in [6, 6.07) is 27.4. The van der Waals surface area contributed by atoms with Crippen molar-refractivity contribution < 1.29 is 27.8 Å². The highest BCUT2D eigenvalue weighted by Gasteiger charge is 2.28. The lowest BCUT2D eigenvalue weighted by atomic mass is 9.92. The molecule has 0 saturated carbocycles. The molecule has 2 amide bonds. The minimum atomic E-state index is -3.07. The van der Waals surface area contributed by atoms with Crippen molar-refractivity contribution in [3.05, 3.63) is 119 Å². The number of nitrogens with one attached hydrogen (secondary N) is 2. The summed E-state index contributed by atoms with van der Waals surface area (Å²) in [5.41, 5.74) is 4.10. The number of halogens is 2. The molecule has 10 heteroatoms. The molecule has 1 aliphatic heterocycles. The van der Waals surface area contributed by atoms with Gasteiger partial charge in [-0.1, -0.05) is 43.3 Å². The number of hydrogen-bond acceptors (Lipinski definition) is 6. The van der Waals surface area contributed by atoms with E-state index in [-0.39, 0.29) is 36.4 Å². The highest BCUT2D eigenvalue weighted by molar-refractivity contribution is 5.92. The maximum Gasteiger partial charge on any atom is 0.387 e. The van der Waals surface area contributed by atoms with Crippen molar-refractivity contribution >= 4 is 23.2 Å². The van der Waals surface area contributed by atoms with Crippen LogP contribution in [0.4, 0.5) is 20.2 Å².